The van der Waals surface area contributed by atoms with E-state index in [-0.39, 0.29) is 24.0 Å². The maximum atomic E-state index is 13.1. The lowest BCUT2D eigenvalue weighted by molar-refractivity contribution is -0.137. The first-order valence-electron chi connectivity index (χ1n) is 13.2. The molecule has 2 amide bonds. The van der Waals surface area contributed by atoms with Crippen LogP contribution in [0.3, 0.4) is 0 Å². The van der Waals surface area contributed by atoms with Crippen molar-refractivity contribution < 1.29 is 27.5 Å². The molecule has 218 valence electrons. The summed E-state index contributed by atoms with van der Waals surface area (Å²) < 4.78 is 43.4. The number of amides is 2. The molecule has 2 N–H and O–H groups in total. The number of nitrogens with one attached hydrogen (secondary N) is 2. The van der Waals surface area contributed by atoms with Crippen molar-refractivity contribution in [1.29, 1.82) is 0 Å². The summed E-state index contributed by atoms with van der Waals surface area (Å²) in [5.41, 5.74) is 0.518. The molecular weight excluding hydrogens is 537 g/mol. The number of halogens is 3. The average molecular weight is 571 g/mol. The van der Waals surface area contributed by atoms with E-state index in [0.717, 1.165) is 12.1 Å². The Balaban J connectivity index is 1.34. The number of nitrogens with zero attached hydrogens (tertiary/aromatic N) is 4. The van der Waals surface area contributed by atoms with Crippen LogP contribution in [0.5, 0.6) is 0 Å². The molecule has 1 saturated heterocycles. The summed E-state index contributed by atoms with van der Waals surface area (Å²) >= 11 is 0. The maximum Gasteiger partial charge on any atom is 0.416 e. The van der Waals surface area contributed by atoms with E-state index < -0.39 is 17.3 Å². The highest BCUT2D eigenvalue weighted by Crippen LogP contribution is 2.30. The molecule has 0 spiro atoms. The molecule has 1 aliphatic heterocycles. The van der Waals surface area contributed by atoms with E-state index in [0.29, 0.717) is 48.7 Å². The van der Waals surface area contributed by atoms with Crippen LogP contribution in [-0.4, -0.2) is 63.5 Å². The zero-order valence-electron chi connectivity index (χ0n) is 23.3. The molecule has 2 aromatic carbocycles. The fourth-order valence-electron chi connectivity index (χ4n) is 4.78. The Morgan fingerprint density at radius 1 is 0.927 bits per heavy atom. The van der Waals surface area contributed by atoms with Crippen molar-refractivity contribution in [2.24, 2.45) is 0 Å². The van der Waals surface area contributed by atoms with E-state index in [1.807, 2.05) is 20.8 Å². The van der Waals surface area contributed by atoms with Gasteiger partial charge < -0.3 is 25.2 Å². The minimum absolute atomic E-state index is 0.0115. The summed E-state index contributed by atoms with van der Waals surface area (Å²) in [7, 11) is 1.38. The summed E-state index contributed by atoms with van der Waals surface area (Å²) in [6.07, 6.45) is -1.93. The van der Waals surface area contributed by atoms with E-state index in [1.165, 1.54) is 25.4 Å². The van der Waals surface area contributed by atoms with Crippen LogP contribution >= 0.6 is 0 Å². The highest BCUT2D eigenvalue weighted by atomic mass is 19.4. The van der Waals surface area contributed by atoms with Crippen LogP contribution in [0.15, 0.2) is 60.8 Å². The van der Waals surface area contributed by atoms with Crippen molar-refractivity contribution in [1.82, 2.24) is 19.8 Å². The molecule has 0 radical (unpaired) electrons. The van der Waals surface area contributed by atoms with Crippen molar-refractivity contribution in [3.8, 4) is 0 Å². The second-order valence-corrected chi connectivity index (χ2v) is 10.7. The second kappa shape index (κ2) is 12.0. The van der Waals surface area contributed by atoms with Crippen molar-refractivity contribution in [3.05, 3.63) is 71.9 Å². The third kappa shape index (κ3) is 7.44. The molecule has 9 nitrogen and oxygen atoms in total. The first kappa shape index (κ1) is 29.6. The van der Waals surface area contributed by atoms with Crippen LogP contribution < -0.4 is 10.6 Å². The van der Waals surface area contributed by atoms with E-state index in [4.69, 9.17) is 4.74 Å². The van der Waals surface area contributed by atoms with Gasteiger partial charge in [0.2, 0.25) is 5.95 Å². The van der Waals surface area contributed by atoms with Crippen LogP contribution in [0.2, 0.25) is 0 Å². The number of hydrogen-bond donors (Lipinski definition) is 2. The van der Waals surface area contributed by atoms with E-state index in [2.05, 4.69) is 20.6 Å². The molecule has 3 aromatic rings. The molecule has 0 saturated carbocycles. The number of benzene rings is 2. The third-order valence-corrected chi connectivity index (χ3v) is 6.74. The molecule has 12 heteroatoms. The molecule has 0 aliphatic carbocycles. The lowest BCUT2D eigenvalue weighted by Crippen LogP contribution is -2.55. The normalized spacial score (nSPS) is 14.4. The largest absolute Gasteiger partial charge is 0.453 e. The fourth-order valence-corrected chi connectivity index (χ4v) is 4.78. The number of likely N-dealkylation sites (tertiary alicyclic amines) is 1. The number of carbonyl (C=O) groups excluding carboxylic acids is 2. The van der Waals surface area contributed by atoms with Gasteiger partial charge >= 0.3 is 12.3 Å². The van der Waals surface area contributed by atoms with E-state index >= 15 is 0 Å². The molecule has 4 rings (SSSR count). The maximum absolute atomic E-state index is 13.1. The monoisotopic (exact) mass is 570 g/mol. The zero-order chi connectivity index (χ0) is 29.8. The van der Waals surface area contributed by atoms with Gasteiger partial charge in [-0.05, 0) is 88.2 Å². The van der Waals surface area contributed by atoms with Gasteiger partial charge in [-0.25, -0.2) is 9.78 Å². The van der Waals surface area contributed by atoms with Gasteiger partial charge in [0.05, 0.1) is 12.7 Å². The molecule has 1 aliphatic rings. The zero-order valence-corrected chi connectivity index (χ0v) is 23.3. The molecule has 0 unspecified atom stereocenters. The Morgan fingerprint density at radius 2 is 1.51 bits per heavy atom. The van der Waals surface area contributed by atoms with Crippen molar-refractivity contribution >= 4 is 35.1 Å². The molecule has 1 aromatic heterocycles. The number of alkyl halides is 3. The Morgan fingerprint density at radius 3 is 2.07 bits per heavy atom. The van der Waals surface area contributed by atoms with Gasteiger partial charge in [-0.2, -0.15) is 18.2 Å². The van der Waals surface area contributed by atoms with Crippen molar-refractivity contribution in [2.45, 2.75) is 51.4 Å². The number of carbonyl (C=O) groups is 2. The Kier molecular flexibility index (Phi) is 8.69. The lowest BCUT2D eigenvalue weighted by atomic mass is 9.96. The van der Waals surface area contributed by atoms with Gasteiger partial charge in [0.25, 0.3) is 5.91 Å². The molecule has 2 heterocycles. The number of aromatic nitrogens is 2. The topological polar surface area (TPSA) is 99.7 Å². The van der Waals surface area contributed by atoms with Crippen LogP contribution in [-0.2, 0) is 10.9 Å². The standard InChI is InChI=1S/C29H33F3N6O3/c1-28(2,3)38(27(40)41-4)23-14-17-37(18-15-23)25(39)19-5-9-22(10-6-19)35-26-33-16-13-24(36-26)34-21-11-7-20(8-12-21)29(30,31)32/h5-13,16,23H,14-15,17-18H2,1-4H3,(H2,33,34,35,36). The SMILES string of the molecule is COC(=O)N(C1CCN(C(=O)c2ccc(Nc3nccc(Nc4ccc(C(F)(F)F)cc4)n3)cc2)CC1)C(C)(C)C. The van der Waals surface area contributed by atoms with E-state index in [9.17, 15) is 22.8 Å². The van der Waals surface area contributed by atoms with Gasteiger partial charge in [-0.15, -0.1) is 0 Å². The molecule has 0 atom stereocenters. The van der Waals surface area contributed by atoms with Gasteiger partial charge in [-0.1, -0.05) is 0 Å². The van der Waals surface area contributed by atoms with Crippen LogP contribution in [0.1, 0.15) is 49.5 Å². The van der Waals surface area contributed by atoms with Crippen molar-refractivity contribution in [3.63, 3.8) is 0 Å². The average Bonchev–Trinajstić information content (AvgIpc) is 2.93. The number of hydrogen-bond acceptors (Lipinski definition) is 7. The van der Waals surface area contributed by atoms with Crippen molar-refractivity contribution in [2.75, 3.05) is 30.8 Å². The molecule has 1 fully saturated rings. The number of rotatable bonds is 6. The first-order valence-corrected chi connectivity index (χ1v) is 13.2. The Labute approximate surface area is 236 Å². The first-order chi connectivity index (χ1) is 19.3. The van der Waals surface area contributed by atoms with Gasteiger partial charge in [0, 0.05) is 47.8 Å². The van der Waals surface area contributed by atoms with Gasteiger partial charge in [0.15, 0.2) is 0 Å². The highest BCUT2D eigenvalue weighted by Gasteiger charge is 2.36. The quantitative estimate of drug-likeness (QED) is 0.351. The smallest absolute Gasteiger partial charge is 0.416 e. The fraction of sp³-hybridized carbons (Fsp3) is 0.379. The molecule has 0 bridgehead atoms. The summed E-state index contributed by atoms with van der Waals surface area (Å²) in [6.45, 7) is 6.95. The summed E-state index contributed by atoms with van der Waals surface area (Å²) in [6, 6.07) is 13.2. The lowest BCUT2D eigenvalue weighted by Gasteiger charge is -2.44. The second-order valence-electron chi connectivity index (χ2n) is 10.7. The Bertz CT molecular complexity index is 1350. The molecular formula is C29H33F3N6O3. The van der Waals surface area contributed by atoms with Crippen LogP contribution in [0, 0.1) is 0 Å². The summed E-state index contributed by atoms with van der Waals surface area (Å²) in [5.74, 6) is 0.584. The summed E-state index contributed by atoms with van der Waals surface area (Å²) in [5, 5.41) is 6.03. The molecule has 41 heavy (non-hydrogen) atoms. The van der Waals surface area contributed by atoms with E-state index in [1.54, 1.807) is 40.1 Å². The number of piperidine rings is 1. The van der Waals surface area contributed by atoms with Gasteiger partial charge in [-0.3, -0.25) is 4.79 Å². The minimum atomic E-state index is -4.40. The Hall–Kier alpha value is -4.35. The van der Waals surface area contributed by atoms with Crippen LogP contribution in [0.25, 0.3) is 0 Å². The highest BCUT2D eigenvalue weighted by molar-refractivity contribution is 5.94. The van der Waals surface area contributed by atoms with Crippen LogP contribution in [0.4, 0.5) is 41.1 Å². The minimum Gasteiger partial charge on any atom is -0.453 e. The predicted octanol–water partition coefficient (Wildman–Crippen LogP) is 6.45. The van der Waals surface area contributed by atoms with Gasteiger partial charge in [0.1, 0.15) is 5.82 Å². The third-order valence-electron chi connectivity index (χ3n) is 6.74. The number of ether oxygens (including phenoxy) is 1. The predicted molar refractivity (Wildman–Crippen MR) is 149 cm³/mol. The summed E-state index contributed by atoms with van der Waals surface area (Å²) in [4.78, 5) is 37.6. The number of anilines is 4. The number of methoxy groups -OCH3 is 1.